The van der Waals surface area contributed by atoms with Gasteiger partial charge >= 0.3 is 5.97 Å². The first kappa shape index (κ1) is 14.4. The van der Waals surface area contributed by atoms with Gasteiger partial charge in [-0.3, -0.25) is 4.79 Å². The SMILES string of the molecule is Cc1ccc(N2CCC(CC(N)=O)CC2)c(C(=O)O)c1. The van der Waals surface area contributed by atoms with Crippen molar-refractivity contribution < 1.29 is 14.7 Å². The summed E-state index contributed by atoms with van der Waals surface area (Å²) < 4.78 is 0. The fourth-order valence-corrected chi connectivity index (χ4v) is 2.76. The van der Waals surface area contributed by atoms with E-state index in [1.165, 1.54) is 0 Å². The third-order valence-electron chi connectivity index (χ3n) is 3.83. The summed E-state index contributed by atoms with van der Waals surface area (Å²) in [5, 5.41) is 9.30. The Morgan fingerprint density at radius 3 is 2.55 bits per heavy atom. The van der Waals surface area contributed by atoms with Crippen LogP contribution in [0, 0.1) is 12.8 Å². The Labute approximate surface area is 118 Å². The van der Waals surface area contributed by atoms with Gasteiger partial charge in [0, 0.05) is 19.5 Å². The number of carboxylic acid groups (broad SMARTS) is 1. The molecule has 20 heavy (non-hydrogen) atoms. The van der Waals surface area contributed by atoms with Crippen LogP contribution in [0.25, 0.3) is 0 Å². The van der Waals surface area contributed by atoms with E-state index in [2.05, 4.69) is 4.90 Å². The third kappa shape index (κ3) is 3.29. The number of hydrogen-bond acceptors (Lipinski definition) is 3. The Kier molecular flexibility index (Phi) is 4.27. The van der Waals surface area contributed by atoms with Gasteiger partial charge in [0.15, 0.2) is 0 Å². The van der Waals surface area contributed by atoms with E-state index in [0.29, 0.717) is 17.9 Å². The second-order valence-electron chi connectivity index (χ2n) is 5.43. The van der Waals surface area contributed by atoms with E-state index in [0.717, 1.165) is 37.2 Å². The average Bonchev–Trinajstić information content (AvgIpc) is 2.39. The molecule has 1 saturated heterocycles. The van der Waals surface area contributed by atoms with Crippen molar-refractivity contribution >= 4 is 17.6 Å². The summed E-state index contributed by atoms with van der Waals surface area (Å²) in [7, 11) is 0. The normalized spacial score (nSPS) is 16.1. The lowest BCUT2D eigenvalue weighted by Crippen LogP contribution is -2.35. The summed E-state index contributed by atoms with van der Waals surface area (Å²) >= 11 is 0. The Morgan fingerprint density at radius 2 is 2.00 bits per heavy atom. The lowest BCUT2D eigenvalue weighted by Gasteiger charge is -2.34. The molecule has 5 heteroatoms. The van der Waals surface area contributed by atoms with Crippen LogP contribution in [0.2, 0.25) is 0 Å². The minimum atomic E-state index is -0.900. The van der Waals surface area contributed by atoms with E-state index in [-0.39, 0.29) is 5.91 Å². The Morgan fingerprint density at radius 1 is 1.35 bits per heavy atom. The van der Waals surface area contributed by atoms with Crippen LogP contribution in [-0.2, 0) is 4.79 Å². The number of anilines is 1. The van der Waals surface area contributed by atoms with E-state index in [1.807, 2.05) is 19.1 Å². The van der Waals surface area contributed by atoms with Crippen LogP contribution >= 0.6 is 0 Å². The highest BCUT2D eigenvalue weighted by molar-refractivity contribution is 5.94. The molecule has 0 spiro atoms. The van der Waals surface area contributed by atoms with Gasteiger partial charge in [0.05, 0.1) is 11.3 Å². The van der Waals surface area contributed by atoms with E-state index in [4.69, 9.17) is 5.73 Å². The summed E-state index contributed by atoms with van der Waals surface area (Å²) in [5.41, 5.74) is 7.27. The lowest BCUT2D eigenvalue weighted by atomic mass is 9.92. The minimum Gasteiger partial charge on any atom is -0.478 e. The highest BCUT2D eigenvalue weighted by atomic mass is 16.4. The number of carboxylic acids is 1. The monoisotopic (exact) mass is 276 g/mol. The maximum Gasteiger partial charge on any atom is 0.337 e. The molecule has 1 fully saturated rings. The molecule has 1 aliphatic rings. The molecule has 1 aromatic carbocycles. The van der Waals surface area contributed by atoms with Crippen molar-refractivity contribution in [3.05, 3.63) is 29.3 Å². The molecule has 0 aliphatic carbocycles. The Hall–Kier alpha value is -2.04. The number of carbonyl (C=O) groups excluding carboxylic acids is 1. The van der Waals surface area contributed by atoms with Crippen LogP contribution in [0.5, 0.6) is 0 Å². The predicted molar refractivity (Wildman–Crippen MR) is 76.9 cm³/mol. The van der Waals surface area contributed by atoms with Crippen LogP contribution < -0.4 is 10.6 Å². The van der Waals surface area contributed by atoms with Crippen LogP contribution in [0.1, 0.15) is 35.2 Å². The number of aromatic carboxylic acids is 1. The first-order valence-electron chi connectivity index (χ1n) is 6.84. The number of primary amides is 1. The van der Waals surface area contributed by atoms with Crippen molar-refractivity contribution in [2.45, 2.75) is 26.2 Å². The standard InChI is InChI=1S/C15H20N2O3/c1-10-2-3-13(12(8-10)15(19)20)17-6-4-11(5-7-17)9-14(16)18/h2-3,8,11H,4-7,9H2,1H3,(H2,16,18)(H,19,20). The summed E-state index contributed by atoms with van der Waals surface area (Å²) in [6.45, 7) is 3.41. The fourth-order valence-electron chi connectivity index (χ4n) is 2.76. The molecular formula is C15H20N2O3. The zero-order chi connectivity index (χ0) is 14.7. The molecule has 1 heterocycles. The van der Waals surface area contributed by atoms with Gasteiger partial charge < -0.3 is 15.7 Å². The summed E-state index contributed by atoms with van der Waals surface area (Å²) in [4.78, 5) is 24.4. The first-order chi connectivity index (χ1) is 9.47. The van der Waals surface area contributed by atoms with Crippen LogP contribution in [0.3, 0.4) is 0 Å². The van der Waals surface area contributed by atoms with E-state index in [9.17, 15) is 14.7 Å². The number of benzene rings is 1. The molecule has 0 atom stereocenters. The smallest absolute Gasteiger partial charge is 0.337 e. The van der Waals surface area contributed by atoms with E-state index in [1.54, 1.807) is 6.07 Å². The molecule has 0 aromatic heterocycles. The van der Waals surface area contributed by atoms with Crippen molar-refractivity contribution in [3.63, 3.8) is 0 Å². The molecule has 1 amide bonds. The molecule has 5 nitrogen and oxygen atoms in total. The Balaban J connectivity index is 2.11. The van der Waals surface area contributed by atoms with Crippen LogP contribution in [0.15, 0.2) is 18.2 Å². The fraction of sp³-hybridized carbons (Fsp3) is 0.467. The molecule has 2 rings (SSSR count). The van der Waals surface area contributed by atoms with Gasteiger partial charge in [0.2, 0.25) is 5.91 Å². The number of rotatable bonds is 4. The quantitative estimate of drug-likeness (QED) is 0.878. The molecule has 0 radical (unpaired) electrons. The van der Waals surface area contributed by atoms with Crippen molar-refractivity contribution in [2.24, 2.45) is 11.7 Å². The number of hydrogen-bond donors (Lipinski definition) is 2. The molecule has 0 bridgehead atoms. The number of aryl methyl sites for hydroxylation is 1. The zero-order valence-corrected chi connectivity index (χ0v) is 11.6. The van der Waals surface area contributed by atoms with E-state index >= 15 is 0 Å². The summed E-state index contributed by atoms with van der Waals surface area (Å²) in [6, 6.07) is 5.50. The average molecular weight is 276 g/mol. The van der Waals surface area contributed by atoms with Crippen molar-refractivity contribution in [3.8, 4) is 0 Å². The molecular weight excluding hydrogens is 256 g/mol. The lowest BCUT2D eigenvalue weighted by molar-refractivity contribution is -0.119. The minimum absolute atomic E-state index is 0.259. The first-order valence-corrected chi connectivity index (χ1v) is 6.84. The number of piperidine rings is 1. The number of nitrogens with zero attached hydrogens (tertiary/aromatic N) is 1. The van der Waals surface area contributed by atoms with Crippen molar-refractivity contribution in [1.82, 2.24) is 0 Å². The molecule has 108 valence electrons. The molecule has 1 aromatic rings. The topological polar surface area (TPSA) is 83.6 Å². The van der Waals surface area contributed by atoms with Gasteiger partial charge in [-0.1, -0.05) is 11.6 Å². The maximum absolute atomic E-state index is 11.3. The van der Waals surface area contributed by atoms with E-state index < -0.39 is 5.97 Å². The van der Waals surface area contributed by atoms with Crippen LogP contribution in [-0.4, -0.2) is 30.1 Å². The molecule has 0 unspecified atom stereocenters. The van der Waals surface area contributed by atoms with Gasteiger partial charge in [0.25, 0.3) is 0 Å². The molecule has 1 aliphatic heterocycles. The number of amides is 1. The predicted octanol–water partition coefficient (Wildman–Crippen LogP) is 1.79. The van der Waals surface area contributed by atoms with Crippen molar-refractivity contribution in [1.29, 1.82) is 0 Å². The highest BCUT2D eigenvalue weighted by Gasteiger charge is 2.23. The second-order valence-corrected chi connectivity index (χ2v) is 5.43. The number of carbonyl (C=O) groups is 2. The largest absolute Gasteiger partial charge is 0.478 e. The summed E-state index contributed by atoms with van der Waals surface area (Å²) in [6.07, 6.45) is 2.17. The zero-order valence-electron chi connectivity index (χ0n) is 11.6. The van der Waals surface area contributed by atoms with Gasteiger partial charge in [-0.2, -0.15) is 0 Å². The highest BCUT2D eigenvalue weighted by Crippen LogP contribution is 2.28. The maximum atomic E-state index is 11.3. The molecule has 0 saturated carbocycles. The molecule has 3 N–H and O–H groups in total. The van der Waals surface area contributed by atoms with Gasteiger partial charge in [-0.05, 0) is 37.8 Å². The second kappa shape index (κ2) is 5.94. The van der Waals surface area contributed by atoms with Gasteiger partial charge in [0.1, 0.15) is 0 Å². The third-order valence-corrected chi connectivity index (χ3v) is 3.83. The van der Waals surface area contributed by atoms with Crippen LogP contribution in [0.4, 0.5) is 5.69 Å². The van der Waals surface area contributed by atoms with Crippen molar-refractivity contribution in [2.75, 3.05) is 18.0 Å². The summed E-state index contributed by atoms with van der Waals surface area (Å²) in [5.74, 6) is -0.838. The van der Waals surface area contributed by atoms with Gasteiger partial charge in [-0.25, -0.2) is 4.79 Å². The Bertz CT molecular complexity index is 520. The number of nitrogens with two attached hydrogens (primary N) is 1. The van der Waals surface area contributed by atoms with Gasteiger partial charge in [-0.15, -0.1) is 0 Å².